The van der Waals surface area contributed by atoms with Crippen molar-refractivity contribution in [1.82, 2.24) is 9.80 Å². The molecular weight excluding hydrogens is 238 g/mol. The summed E-state index contributed by atoms with van der Waals surface area (Å²) < 4.78 is 0. The van der Waals surface area contributed by atoms with E-state index >= 15 is 0 Å². The molecular formula is C15H29N3O. The summed E-state index contributed by atoms with van der Waals surface area (Å²) >= 11 is 0. The first-order valence-electron chi connectivity index (χ1n) is 7.75. The van der Waals surface area contributed by atoms with Gasteiger partial charge in [0.05, 0.1) is 5.41 Å². The van der Waals surface area contributed by atoms with Gasteiger partial charge in [-0.25, -0.2) is 0 Å². The van der Waals surface area contributed by atoms with Crippen molar-refractivity contribution in [3.8, 4) is 0 Å². The third-order valence-electron chi connectivity index (χ3n) is 4.97. The van der Waals surface area contributed by atoms with E-state index in [1.165, 1.54) is 25.7 Å². The highest BCUT2D eigenvalue weighted by Gasteiger charge is 2.46. The highest BCUT2D eigenvalue weighted by molar-refractivity contribution is 5.84. The van der Waals surface area contributed by atoms with Crippen LogP contribution in [0.5, 0.6) is 0 Å². The molecule has 0 radical (unpaired) electrons. The Morgan fingerprint density at radius 3 is 2.21 bits per heavy atom. The van der Waals surface area contributed by atoms with E-state index in [0.717, 1.165) is 32.4 Å². The third-order valence-corrected chi connectivity index (χ3v) is 4.97. The van der Waals surface area contributed by atoms with Gasteiger partial charge in [0.1, 0.15) is 0 Å². The lowest BCUT2D eigenvalue weighted by Gasteiger charge is -2.44. The maximum Gasteiger partial charge on any atom is 0.230 e. The van der Waals surface area contributed by atoms with E-state index in [1.54, 1.807) is 0 Å². The van der Waals surface area contributed by atoms with E-state index in [4.69, 9.17) is 5.73 Å². The van der Waals surface area contributed by atoms with Crippen LogP contribution >= 0.6 is 0 Å². The molecule has 0 saturated heterocycles. The minimum Gasteiger partial charge on any atom is -0.338 e. The summed E-state index contributed by atoms with van der Waals surface area (Å²) in [5, 5.41) is 0. The van der Waals surface area contributed by atoms with Crippen LogP contribution in [-0.2, 0) is 4.79 Å². The second-order valence-corrected chi connectivity index (χ2v) is 6.58. The Balaban J connectivity index is 2.04. The van der Waals surface area contributed by atoms with E-state index in [0.29, 0.717) is 18.5 Å². The van der Waals surface area contributed by atoms with Crippen LogP contribution in [-0.4, -0.2) is 55.5 Å². The minimum absolute atomic E-state index is 0.213. The van der Waals surface area contributed by atoms with Crippen LogP contribution in [0.4, 0.5) is 0 Å². The molecule has 0 spiro atoms. The summed E-state index contributed by atoms with van der Waals surface area (Å²) in [5.74, 6) is 0.343. The highest BCUT2D eigenvalue weighted by Crippen LogP contribution is 2.42. The summed E-state index contributed by atoms with van der Waals surface area (Å²) in [7, 11) is 4.14. The molecule has 0 unspecified atom stereocenters. The molecule has 0 aromatic heterocycles. The van der Waals surface area contributed by atoms with Crippen LogP contribution in [0.3, 0.4) is 0 Å². The van der Waals surface area contributed by atoms with Gasteiger partial charge >= 0.3 is 0 Å². The molecule has 2 aliphatic carbocycles. The first-order chi connectivity index (χ1) is 9.09. The number of nitrogens with zero attached hydrogens (tertiary/aromatic N) is 2. The number of nitrogens with two attached hydrogens (primary N) is 1. The zero-order valence-electron chi connectivity index (χ0n) is 12.5. The van der Waals surface area contributed by atoms with Crippen LogP contribution in [0.15, 0.2) is 0 Å². The number of rotatable bonds is 6. The van der Waals surface area contributed by atoms with Gasteiger partial charge in [-0.3, -0.25) is 4.79 Å². The molecule has 0 atom stereocenters. The molecule has 4 nitrogen and oxygen atoms in total. The SMILES string of the molecule is CN(C)CCN(C(=O)C1(CN)CCC1)C1CCCC1. The first kappa shape index (κ1) is 14.8. The molecule has 0 bridgehead atoms. The second kappa shape index (κ2) is 6.23. The van der Waals surface area contributed by atoms with Gasteiger partial charge in [0.2, 0.25) is 5.91 Å². The Morgan fingerprint density at radius 1 is 1.16 bits per heavy atom. The predicted molar refractivity (Wildman–Crippen MR) is 77.9 cm³/mol. The zero-order valence-corrected chi connectivity index (χ0v) is 12.5. The molecule has 0 heterocycles. The van der Waals surface area contributed by atoms with Crippen LogP contribution in [0, 0.1) is 5.41 Å². The van der Waals surface area contributed by atoms with Crippen molar-refractivity contribution >= 4 is 5.91 Å². The third kappa shape index (κ3) is 3.11. The Bertz CT molecular complexity index is 301. The molecule has 0 aliphatic heterocycles. The van der Waals surface area contributed by atoms with Gasteiger partial charge < -0.3 is 15.5 Å². The summed E-state index contributed by atoms with van der Waals surface area (Å²) in [6.07, 6.45) is 8.05. The molecule has 0 aromatic carbocycles. The topological polar surface area (TPSA) is 49.6 Å². The molecule has 1 amide bonds. The minimum atomic E-state index is -0.213. The quantitative estimate of drug-likeness (QED) is 0.792. The van der Waals surface area contributed by atoms with Crippen LogP contribution in [0.25, 0.3) is 0 Å². The molecule has 110 valence electrons. The summed E-state index contributed by atoms with van der Waals surface area (Å²) in [5.41, 5.74) is 5.69. The van der Waals surface area contributed by atoms with Gasteiger partial charge in [0, 0.05) is 25.7 Å². The maximum atomic E-state index is 12.9. The van der Waals surface area contributed by atoms with Crippen molar-refractivity contribution in [3.63, 3.8) is 0 Å². The molecule has 0 aromatic rings. The highest BCUT2D eigenvalue weighted by atomic mass is 16.2. The van der Waals surface area contributed by atoms with Crippen LogP contribution in [0.1, 0.15) is 44.9 Å². The smallest absolute Gasteiger partial charge is 0.230 e. The van der Waals surface area contributed by atoms with E-state index in [2.05, 4.69) is 23.9 Å². The van der Waals surface area contributed by atoms with Crippen molar-refractivity contribution in [2.75, 3.05) is 33.7 Å². The number of hydrogen-bond acceptors (Lipinski definition) is 3. The zero-order chi connectivity index (χ0) is 13.9. The lowest BCUT2D eigenvalue weighted by atomic mass is 9.67. The molecule has 2 fully saturated rings. The van der Waals surface area contributed by atoms with E-state index in [-0.39, 0.29) is 5.41 Å². The lowest BCUT2D eigenvalue weighted by molar-refractivity contribution is -0.149. The lowest BCUT2D eigenvalue weighted by Crippen LogP contribution is -2.55. The molecule has 2 rings (SSSR count). The predicted octanol–water partition coefficient (Wildman–Crippen LogP) is 1.45. The van der Waals surface area contributed by atoms with Gasteiger partial charge in [-0.2, -0.15) is 0 Å². The largest absolute Gasteiger partial charge is 0.338 e. The summed E-state index contributed by atoms with van der Waals surface area (Å²) in [6.45, 7) is 2.33. The number of likely N-dealkylation sites (N-methyl/N-ethyl adjacent to an activating group) is 1. The monoisotopic (exact) mass is 267 g/mol. The molecule has 4 heteroatoms. The van der Waals surface area contributed by atoms with Crippen molar-refractivity contribution < 1.29 is 4.79 Å². The number of carbonyl (C=O) groups is 1. The van der Waals surface area contributed by atoms with Gasteiger partial charge in [-0.15, -0.1) is 0 Å². The number of amides is 1. The van der Waals surface area contributed by atoms with Crippen molar-refractivity contribution in [2.45, 2.75) is 51.0 Å². The van der Waals surface area contributed by atoms with Crippen molar-refractivity contribution in [2.24, 2.45) is 11.1 Å². The molecule has 2 N–H and O–H groups in total. The van der Waals surface area contributed by atoms with Gasteiger partial charge in [-0.1, -0.05) is 19.3 Å². The molecule has 2 aliphatic rings. The fraction of sp³-hybridized carbons (Fsp3) is 0.933. The van der Waals surface area contributed by atoms with Crippen LogP contribution < -0.4 is 5.73 Å². The Morgan fingerprint density at radius 2 is 1.79 bits per heavy atom. The van der Waals surface area contributed by atoms with Crippen LogP contribution in [0.2, 0.25) is 0 Å². The van der Waals surface area contributed by atoms with Gasteiger partial charge in [-0.05, 0) is 39.8 Å². The van der Waals surface area contributed by atoms with Crippen molar-refractivity contribution in [3.05, 3.63) is 0 Å². The fourth-order valence-corrected chi connectivity index (χ4v) is 3.39. The second-order valence-electron chi connectivity index (χ2n) is 6.58. The average molecular weight is 267 g/mol. The normalized spacial score (nSPS) is 22.5. The Kier molecular flexibility index (Phi) is 4.85. The first-order valence-corrected chi connectivity index (χ1v) is 7.75. The number of carbonyl (C=O) groups excluding carboxylic acids is 1. The standard InChI is InChI=1S/C15H29N3O/c1-17(2)10-11-18(13-6-3-4-7-13)14(19)15(12-16)8-5-9-15/h13H,3-12,16H2,1-2H3. The van der Waals surface area contributed by atoms with Gasteiger partial charge in [0.25, 0.3) is 0 Å². The maximum absolute atomic E-state index is 12.9. The van der Waals surface area contributed by atoms with Crippen molar-refractivity contribution in [1.29, 1.82) is 0 Å². The summed E-state index contributed by atoms with van der Waals surface area (Å²) in [4.78, 5) is 17.2. The molecule has 19 heavy (non-hydrogen) atoms. The summed E-state index contributed by atoms with van der Waals surface area (Å²) in [6, 6.07) is 0.469. The Hall–Kier alpha value is -0.610. The Labute approximate surface area is 117 Å². The fourth-order valence-electron chi connectivity index (χ4n) is 3.39. The average Bonchev–Trinajstić information content (AvgIpc) is 2.82. The van der Waals surface area contributed by atoms with E-state index in [1.807, 2.05) is 0 Å². The molecule has 2 saturated carbocycles. The number of hydrogen-bond donors (Lipinski definition) is 1. The van der Waals surface area contributed by atoms with Gasteiger partial charge in [0.15, 0.2) is 0 Å². The van der Waals surface area contributed by atoms with E-state index < -0.39 is 0 Å². The van der Waals surface area contributed by atoms with E-state index in [9.17, 15) is 4.79 Å².